The molecule has 0 aliphatic carbocycles. The Bertz CT molecular complexity index is 814. The topological polar surface area (TPSA) is 82.1 Å². The van der Waals surface area contributed by atoms with E-state index in [2.05, 4.69) is 52.8 Å². The van der Waals surface area contributed by atoms with E-state index in [1.165, 1.54) is 117 Å². The van der Waals surface area contributed by atoms with Gasteiger partial charge in [-0.15, -0.1) is 0 Å². The monoisotopic (exact) mass is 734 g/mol. The smallest absolute Gasteiger partial charge is 0.306 e. The normalized spacial score (nSPS) is 11.7. The Morgan fingerprint density at radius 1 is 0.423 bits per heavy atom. The molecule has 0 saturated heterocycles. The van der Waals surface area contributed by atoms with Crippen LogP contribution in [0.3, 0.4) is 0 Å². The molecule has 0 fully saturated rings. The van der Waals surface area contributed by atoms with Gasteiger partial charge in [0.05, 0.1) is 14.2 Å². The molecule has 0 aliphatic rings. The maximum atomic E-state index is 12.6. The highest BCUT2D eigenvalue weighted by molar-refractivity contribution is 5.69. The fourth-order valence-corrected chi connectivity index (χ4v) is 6.53. The van der Waals surface area contributed by atoms with Crippen molar-refractivity contribution in [2.75, 3.05) is 34.9 Å². The summed E-state index contributed by atoms with van der Waals surface area (Å²) in [5.41, 5.74) is 0. The summed E-state index contributed by atoms with van der Waals surface area (Å²) in [5.74, 6) is -0.209. The summed E-state index contributed by atoms with van der Waals surface area (Å²) in [6.07, 6.45) is 45.3. The molecule has 0 saturated carbocycles. The molecule has 7 heteroatoms. The molecule has 0 aromatic heterocycles. The predicted molar refractivity (Wildman–Crippen MR) is 218 cm³/mol. The lowest BCUT2D eigenvalue weighted by atomic mass is 10.0. The number of rotatable bonds is 39. The Morgan fingerprint density at radius 3 is 1.08 bits per heavy atom. The molecule has 0 rings (SSSR count). The predicted octanol–water partition coefficient (Wildman–Crippen LogP) is 12.4. The number of carbonyl (C=O) groups excluding carboxylic acids is 3. The zero-order valence-corrected chi connectivity index (χ0v) is 34.6. The molecule has 7 nitrogen and oxygen atoms in total. The zero-order chi connectivity index (χ0) is 38.2. The molecule has 0 atom stereocenters. The minimum Gasteiger partial charge on any atom is -0.469 e. The fraction of sp³-hybridized carbons (Fsp3) is 0.844. The van der Waals surface area contributed by atoms with Gasteiger partial charge in [-0.05, 0) is 117 Å². The summed E-state index contributed by atoms with van der Waals surface area (Å²) in [5, 5.41) is 0. The average Bonchev–Trinajstić information content (AvgIpc) is 3.13. The van der Waals surface area contributed by atoms with Crippen LogP contribution in [0.5, 0.6) is 0 Å². The number of esters is 3. The van der Waals surface area contributed by atoms with Crippen LogP contribution in [0.25, 0.3) is 0 Å². The van der Waals surface area contributed by atoms with Crippen LogP contribution in [0.15, 0.2) is 24.3 Å². The Labute approximate surface area is 321 Å². The van der Waals surface area contributed by atoms with E-state index < -0.39 is 0 Å². The van der Waals surface area contributed by atoms with Gasteiger partial charge in [0.1, 0.15) is 6.10 Å². The van der Waals surface area contributed by atoms with Crippen molar-refractivity contribution < 1.29 is 28.6 Å². The van der Waals surface area contributed by atoms with Crippen molar-refractivity contribution in [2.24, 2.45) is 0 Å². The van der Waals surface area contributed by atoms with Crippen LogP contribution >= 0.6 is 0 Å². The van der Waals surface area contributed by atoms with E-state index in [0.717, 1.165) is 90.0 Å². The van der Waals surface area contributed by atoms with Crippen LogP contribution in [-0.2, 0) is 28.6 Å². The maximum Gasteiger partial charge on any atom is 0.306 e. The lowest BCUT2D eigenvalue weighted by Gasteiger charge is -2.18. The second-order valence-electron chi connectivity index (χ2n) is 15.1. The van der Waals surface area contributed by atoms with Crippen LogP contribution in [0.2, 0.25) is 0 Å². The van der Waals surface area contributed by atoms with Gasteiger partial charge in [-0.2, -0.15) is 0 Å². The van der Waals surface area contributed by atoms with E-state index in [1.807, 2.05) is 0 Å². The second-order valence-corrected chi connectivity index (χ2v) is 15.1. The Hall–Kier alpha value is -2.15. The van der Waals surface area contributed by atoms with E-state index in [1.54, 1.807) is 0 Å². The van der Waals surface area contributed by atoms with Crippen molar-refractivity contribution >= 4 is 17.9 Å². The molecule has 52 heavy (non-hydrogen) atoms. The third-order valence-corrected chi connectivity index (χ3v) is 9.87. The standard InChI is InChI=1S/C45H83NO6/c1-46(2)41-35-40-45(49)52-42(36-31-27-23-19-15-11-7-5-9-13-17-21-25-29-33-38-43(47)50-3)37-32-28-24-20-16-12-8-6-10-14-18-22-26-30-34-39-44(48)51-4/h13-14,17-18,42H,5-12,15-16,19-41H2,1-4H3/b17-13-,18-14-. The van der Waals surface area contributed by atoms with Gasteiger partial charge in [0, 0.05) is 19.3 Å². The first-order valence-corrected chi connectivity index (χ1v) is 21.7. The van der Waals surface area contributed by atoms with E-state index >= 15 is 0 Å². The van der Waals surface area contributed by atoms with Crippen molar-refractivity contribution in [3.63, 3.8) is 0 Å². The number of hydrogen-bond donors (Lipinski definition) is 0. The van der Waals surface area contributed by atoms with Gasteiger partial charge in [0.2, 0.25) is 0 Å². The molecule has 0 N–H and O–H groups in total. The van der Waals surface area contributed by atoms with Gasteiger partial charge >= 0.3 is 17.9 Å². The van der Waals surface area contributed by atoms with Crippen molar-refractivity contribution in [3.8, 4) is 0 Å². The van der Waals surface area contributed by atoms with Crippen LogP contribution in [0, 0.1) is 0 Å². The molecular weight excluding hydrogens is 650 g/mol. The van der Waals surface area contributed by atoms with Crippen LogP contribution in [0.4, 0.5) is 0 Å². The summed E-state index contributed by atoms with van der Waals surface area (Å²) >= 11 is 0. The Balaban J connectivity index is 3.91. The highest BCUT2D eigenvalue weighted by atomic mass is 16.5. The molecule has 0 aliphatic heterocycles. The van der Waals surface area contributed by atoms with Gasteiger partial charge in [-0.25, -0.2) is 0 Å². The van der Waals surface area contributed by atoms with E-state index in [9.17, 15) is 14.4 Å². The zero-order valence-electron chi connectivity index (χ0n) is 34.6. The first-order valence-electron chi connectivity index (χ1n) is 21.7. The number of hydrogen-bond acceptors (Lipinski definition) is 7. The first kappa shape index (κ1) is 49.9. The molecule has 0 aromatic rings. The third-order valence-electron chi connectivity index (χ3n) is 9.87. The molecule has 0 radical (unpaired) electrons. The second kappa shape index (κ2) is 40.0. The van der Waals surface area contributed by atoms with Gasteiger partial charge in [0.15, 0.2) is 0 Å². The molecule has 0 bridgehead atoms. The van der Waals surface area contributed by atoms with Gasteiger partial charge < -0.3 is 19.1 Å². The van der Waals surface area contributed by atoms with Crippen molar-refractivity contribution in [1.82, 2.24) is 4.90 Å². The number of methoxy groups -OCH3 is 2. The van der Waals surface area contributed by atoms with E-state index in [0.29, 0.717) is 19.3 Å². The fourth-order valence-electron chi connectivity index (χ4n) is 6.53. The number of nitrogens with zero attached hydrogens (tertiary/aromatic N) is 1. The highest BCUT2D eigenvalue weighted by Gasteiger charge is 2.14. The van der Waals surface area contributed by atoms with Crippen molar-refractivity contribution in [1.29, 1.82) is 0 Å². The molecule has 0 spiro atoms. The number of carbonyl (C=O) groups is 3. The largest absolute Gasteiger partial charge is 0.469 e. The molecule has 0 amide bonds. The van der Waals surface area contributed by atoms with Gasteiger partial charge in [-0.1, -0.05) is 114 Å². The SMILES string of the molecule is COC(=O)CCCCC/C=C\CCCCCCCCCCC(CCCCCCCCCC/C=C\CCCCCC(=O)OC)OC(=O)CCCN(C)C. The van der Waals surface area contributed by atoms with Crippen LogP contribution < -0.4 is 0 Å². The quantitative estimate of drug-likeness (QED) is 0.0269. The molecule has 0 heterocycles. The molecule has 304 valence electrons. The minimum atomic E-state index is -0.0991. The van der Waals surface area contributed by atoms with Gasteiger partial charge in [0.25, 0.3) is 0 Å². The van der Waals surface area contributed by atoms with Crippen LogP contribution in [0.1, 0.15) is 205 Å². The molecule has 0 aromatic carbocycles. The highest BCUT2D eigenvalue weighted by Crippen LogP contribution is 2.19. The van der Waals surface area contributed by atoms with Crippen molar-refractivity contribution in [2.45, 2.75) is 212 Å². The summed E-state index contributed by atoms with van der Waals surface area (Å²) in [7, 11) is 7.01. The molecule has 0 unspecified atom stereocenters. The number of ether oxygens (including phenoxy) is 3. The summed E-state index contributed by atoms with van der Waals surface area (Å²) < 4.78 is 15.4. The number of allylic oxidation sites excluding steroid dienone is 4. The average molecular weight is 734 g/mol. The summed E-state index contributed by atoms with van der Waals surface area (Å²) in [6, 6.07) is 0. The lowest BCUT2D eigenvalue weighted by Crippen LogP contribution is -2.20. The van der Waals surface area contributed by atoms with Crippen LogP contribution in [-0.4, -0.2) is 63.8 Å². The van der Waals surface area contributed by atoms with Crippen molar-refractivity contribution in [3.05, 3.63) is 24.3 Å². The third kappa shape index (κ3) is 39.1. The first-order chi connectivity index (χ1) is 25.4. The molecular formula is C45H83NO6. The van der Waals surface area contributed by atoms with E-state index in [4.69, 9.17) is 4.74 Å². The Kier molecular flexibility index (Phi) is 38.4. The Morgan fingerprint density at radius 2 is 0.731 bits per heavy atom. The minimum absolute atomic E-state index is 0.0113. The number of unbranched alkanes of at least 4 members (excludes halogenated alkanes) is 22. The van der Waals surface area contributed by atoms with Gasteiger partial charge in [-0.3, -0.25) is 14.4 Å². The summed E-state index contributed by atoms with van der Waals surface area (Å²) in [4.78, 5) is 36.9. The summed E-state index contributed by atoms with van der Waals surface area (Å²) in [6.45, 7) is 0.925. The van der Waals surface area contributed by atoms with E-state index in [-0.39, 0.29) is 24.0 Å². The lowest BCUT2D eigenvalue weighted by molar-refractivity contribution is -0.150. The maximum absolute atomic E-state index is 12.6.